The fourth-order valence-electron chi connectivity index (χ4n) is 2.27. The predicted octanol–water partition coefficient (Wildman–Crippen LogP) is 0.501. The summed E-state index contributed by atoms with van der Waals surface area (Å²) in [5, 5.41) is 8.62. The maximum absolute atomic E-state index is 11.9. The molecule has 0 saturated carbocycles. The average molecular weight is 293 g/mol. The standard InChI is InChI=1S/C14H19N3O4/c18-13(3-4-14(19)20)17-7-8-21-12(9-17)2-1-11-5-6-15-10-16-11/h5-6,10,12H,1-4,7-9H2,(H,19,20). The Balaban J connectivity index is 1.77. The van der Waals surface area contributed by atoms with Crippen molar-refractivity contribution in [2.24, 2.45) is 0 Å². The van der Waals surface area contributed by atoms with Crippen molar-refractivity contribution in [3.05, 3.63) is 24.3 Å². The van der Waals surface area contributed by atoms with Gasteiger partial charge in [0, 0.05) is 31.4 Å². The minimum atomic E-state index is -0.947. The molecule has 1 N–H and O–H groups in total. The molecule has 1 saturated heterocycles. The summed E-state index contributed by atoms with van der Waals surface area (Å²) in [6, 6.07) is 1.86. The summed E-state index contributed by atoms with van der Waals surface area (Å²) in [6.07, 6.45) is 4.66. The highest BCUT2D eigenvalue weighted by Gasteiger charge is 2.24. The molecule has 1 aromatic rings. The molecule has 0 bridgehead atoms. The quantitative estimate of drug-likeness (QED) is 0.821. The van der Waals surface area contributed by atoms with Crippen molar-refractivity contribution in [1.29, 1.82) is 0 Å². The molecule has 2 rings (SSSR count). The summed E-state index contributed by atoms with van der Waals surface area (Å²) in [4.78, 5) is 32.1. The molecule has 2 heterocycles. The lowest BCUT2D eigenvalue weighted by Gasteiger charge is -2.33. The molecule has 7 heteroatoms. The third-order valence-electron chi connectivity index (χ3n) is 3.41. The van der Waals surface area contributed by atoms with E-state index in [0.717, 1.165) is 18.5 Å². The van der Waals surface area contributed by atoms with E-state index in [1.54, 1.807) is 11.1 Å². The van der Waals surface area contributed by atoms with Gasteiger partial charge in [0.1, 0.15) is 6.33 Å². The predicted molar refractivity (Wildman–Crippen MR) is 73.5 cm³/mol. The van der Waals surface area contributed by atoms with E-state index in [1.807, 2.05) is 6.07 Å². The van der Waals surface area contributed by atoms with Crippen LogP contribution in [-0.2, 0) is 20.7 Å². The Hall–Kier alpha value is -2.02. The molecular formula is C14H19N3O4. The molecule has 1 amide bonds. The van der Waals surface area contributed by atoms with Gasteiger partial charge in [-0.05, 0) is 18.9 Å². The van der Waals surface area contributed by atoms with Gasteiger partial charge in [0.25, 0.3) is 0 Å². The molecule has 1 aliphatic rings. The minimum absolute atomic E-state index is 0.0255. The largest absolute Gasteiger partial charge is 0.481 e. The van der Waals surface area contributed by atoms with E-state index < -0.39 is 5.97 Å². The number of carbonyl (C=O) groups excluding carboxylic acids is 1. The first-order chi connectivity index (χ1) is 10.1. The van der Waals surface area contributed by atoms with Crippen LogP contribution in [0.15, 0.2) is 18.6 Å². The summed E-state index contributed by atoms with van der Waals surface area (Å²) in [7, 11) is 0. The molecule has 21 heavy (non-hydrogen) atoms. The number of aliphatic carboxylic acids is 1. The Morgan fingerprint density at radius 3 is 3.00 bits per heavy atom. The number of hydrogen-bond acceptors (Lipinski definition) is 5. The molecule has 7 nitrogen and oxygen atoms in total. The van der Waals surface area contributed by atoms with Gasteiger partial charge in [-0.1, -0.05) is 0 Å². The Labute approximate surface area is 123 Å². The minimum Gasteiger partial charge on any atom is -0.481 e. The first kappa shape index (κ1) is 15.4. The van der Waals surface area contributed by atoms with Crippen molar-refractivity contribution in [3.63, 3.8) is 0 Å². The van der Waals surface area contributed by atoms with Gasteiger partial charge in [-0.3, -0.25) is 9.59 Å². The topological polar surface area (TPSA) is 92.6 Å². The van der Waals surface area contributed by atoms with Crippen LogP contribution in [0.4, 0.5) is 0 Å². The number of carboxylic acid groups (broad SMARTS) is 1. The van der Waals surface area contributed by atoms with E-state index in [-0.39, 0.29) is 24.9 Å². The monoisotopic (exact) mass is 293 g/mol. The molecule has 0 radical (unpaired) electrons. The van der Waals surface area contributed by atoms with Gasteiger partial charge in [0.05, 0.1) is 19.1 Å². The second-order valence-electron chi connectivity index (χ2n) is 4.97. The molecule has 1 aliphatic heterocycles. The van der Waals surface area contributed by atoms with Crippen LogP contribution in [0.2, 0.25) is 0 Å². The third kappa shape index (κ3) is 5.11. The average Bonchev–Trinajstić information content (AvgIpc) is 2.52. The number of ether oxygens (including phenoxy) is 1. The lowest BCUT2D eigenvalue weighted by molar-refractivity contribution is -0.144. The number of hydrogen-bond donors (Lipinski definition) is 1. The van der Waals surface area contributed by atoms with Gasteiger partial charge >= 0.3 is 5.97 Å². The Morgan fingerprint density at radius 1 is 1.43 bits per heavy atom. The smallest absolute Gasteiger partial charge is 0.303 e. The van der Waals surface area contributed by atoms with Crippen molar-refractivity contribution in [2.75, 3.05) is 19.7 Å². The number of carbonyl (C=O) groups is 2. The third-order valence-corrected chi connectivity index (χ3v) is 3.41. The number of amides is 1. The molecule has 0 aliphatic carbocycles. The van der Waals surface area contributed by atoms with E-state index in [2.05, 4.69) is 9.97 Å². The molecular weight excluding hydrogens is 274 g/mol. The zero-order chi connectivity index (χ0) is 15.1. The van der Waals surface area contributed by atoms with Crippen LogP contribution in [0.5, 0.6) is 0 Å². The fraction of sp³-hybridized carbons (Fsp3) is 0.571. The van der Waals surface area contributed by atoms with E-state index in [9.17, 15) is 9.59 Å². The van der Waals surface area contributed by atoms with Crippen LogP contribution < -0.4 is 0 Å². The maximum Gasteiger partial charge on any atom is 0.303 e. The lowest BCUT2D eigenvalue weighted by Crippen LogP contribution is -2.45. The number of rotatable bonds is 6. The number of carboxylic acids is 1. The van der Waals surface area contributed by atoms with Gasteiger partial charge in [0.15, 0.2) is 0 Å². The zero-order valence-corrected chi connectivity index (χ0v) is 11.8. The number of morpholine rings is 1. The normalized spacial score (nSPS) is 18.5. The molecule has 1 unspecified atom stereocenters. The number of aromatic nitrogens is 2. The lowest BCUT2D eigenvalue weighted by atomic mass is 10.1. The molecule has 1 atom stereocenters. The summed E-state index contributed by atoms with van der Waals surface area (Å²) < 4.78 is 5.65. The maximum atomic E-state index is 11.9. The van der Waals surface area contributed by atoms with Gasteiger partial charge in [0.2, 0.25) is 5.91 Å². The van der Waals surface area contributed by atoms with Crippen LogP contribution in [0, 0.1) is 0 Å². The first-order valence-corrected chi connectivity index (χ1v) is 7.01. The number of aryl methyl sites for hydroxylation is 1. The van der Waals surface area contributed by atoms with Crippen molar-refractivity contribution in [1.82, 2.24) is 14.9 Å². The van der Waals surface area contributed by atoms with Crippen LogP contribution in [-0.4, -0.2) is 57.7 Å². The summed E-state index contributed by atoms with van der Waals surface area (Å²) >= 11 is 0. The summed E-state index contributed by atoms with van der Waals surface area (Å²) in [5.74, 6) is -1.07. The Bertz CT molecular complexity index is 480. The second kappa shape index (κ2) is 7.68. The molecule has 1 aromatic heterocycles. The SMILES string of the molecule is O=C(O)CCC(=O)N1CCOC(CCc2ccncn2)C1. The second-order valence-corrected chi connectivity index (χ2v) is 4.97. The van der Waals surface area contributed by atoms with Gasteiger partial charge in [-0.15, -0.1) is 0 Å². The fourth-order valence-corrected chi connectivity index (χ4v) is 2.27. The van der Waals surface area contributed by atoms with Crippen LogP contribution >= 0.6 is 0 Å². The summed E-state index contributed by atoms with van der Waals surface area (Å²) in [5.41, 5.74) is 0.947. The highest BCUT2D eigenvalue weighted by molar-refractivity contribution is 5.80. The van der Waals surface area contributed by atoms with Gasteiger partial charge in [-0.2, -0.15) is 0 Å². The Morgan fingerprint density at radius 2 is 2.29 bits per heavy atom. The van der Waals surface area contributed by atoms with Crippen molar-refractivity contribution < 1.29 is 19.4 Å². The van der Waals surface area contributed by atoms with Gasteiger partial charge in [-0.25, -0.2) is 9.97 Å². The highest BCUT2D eigenvalue weighted by Crippen LogP contribution is 2.13. The van der Waals surface area contributed by atoms with Crippen LogP contribution in [0.3, 0.4) is 0 Å². The van der Waals surface area contributed by atoms with Crippen LogP contribution in [0.25, 0.3) is 0 Å². The first-order valence-electron chi connectivity index (χ1n) is 7.01. The van der Waals surface area contributed by atoms with E-state index in [1.165, 1.54) is 6.33 Å². The molecule has 1 fully saturated rings. The summed E-state index contributed by atoms with van der Waals surface area (Å²) in [6.45, 7) is 1.54. The molecule has 114 valence electrons. The van der Waals surface area contributed by atoms with Crippen molar-refractivity contribution in [2.45, 2.75) is 31.8 Å². The molecule has 0 spiro atoms. The van der Waals surface area contributed by atoms with Crippen molar-refractivity contribution in [3.8, 4) is 0 Å². The Kier molecular flexibility index (Phi) is 5.62. The zero-order valence-electron chi connectivity index (χ0n) is 11.8. The number of nitrogens with zero attached hydrogens (tertiary/aromatic N) is 3. The van der Waals surface area contributed by atoms with E-state index >= 15 is 0 Å². The van der Waals surface area contributed by atoms with E-state index in [4.69, 9.17) is 9.84 Å². The van der Waals surface area contributed by atoms with Gasteiger partial charge < -0.3 is 14.7 Å². The van der Waals surface area contributed by atoms with E-state index in [0.29, 0.717) is 19.7 Å². The van der Waals surface area contributed by atoms with Crippen molar-refractivity contribution >= 4 is 11.9 Å². The molecule has 0 aromatic carbocycles. The van der Waals surface area contributed by atoms with Crippen LogP contribution in [0.1, 0.15) is 25.0 Å². The highest BCUT2D eigenvalue weighted by atomic mass is 16.5.